The average molecular weight is 409 g/mol. The third kappa shape index (κ3) is 5.60. The predicted octanol–water partition coefficient (Wildman–Crippen LogP) is 4.39. The zero-order valence-corrected chi connectivity index (χ0v) is 17.6. The maximum Gasteiger partial charge on any atom is 0.161 e. The van der Waals surface area contributed by atoms with Crippen LogP contribution in [0.15, 0.2) is 42.5 Å². The van der Waals surface area contributed by atoms with Crippen LogP contribution in [0.1, 0.15) is 31.4 Å². The van der Waals surface area contributed by atoms with E-state index in [0.29, 0.717) is 18.1 Å². The fourth-order valence-corrected chi connectivity index (χ4v) is 3.55. The molecule has 2 aromatic carbocycles. The summed E-state index contributed by atoms with van der Waals surface area (Å²) in [5.41, 5.74) is 8.46. The van der Waals surface area contributed by atoms with Crippen molar-refractivity contribution in [1.82, 2.24) is 4.90 Å². The van der Waals surface area contributed by atoms with E-state index >= 15 is 0 Å². The molecule has 1 atom stereocenters. The number of likely N-dealkylation sites (tertiary alicyclic amines) is 1. The quantitative estimate of drug-likeness (QED) is 0.769. The van der Waals surface area contributed by atoms with Gasteiger partial charge in [-0.2, -0.15) is 0 Å². The molecule has 0 aromatic heterocycles. The maximum atomic E-state index is 13.0. The van der Waals surface area contributed by atoms with Gasteiger partial charge in [-0.3, -0.25) is 4.90 Å². The zero-order valence-electron chi connectivity index (χ0n) is 16.8. The van der Waals surface area contributed by atoms with Gasteiger partial charge in [0.25, 0.3) is 0 Å². The molecule has 1 aliphatic rings. The van der Waals surface area contributed by atoms with Crippen LogP contribution in [-0.4, -0.2) is 31.1 Å². The van der Waals surface area contributed by atoms with Gasteiger partial charge in [0.15, 0.2) is 11.5 Å². The highest BCUT2D eigenvalue weighted by atomic mass is 35.5. The highest BCUT2D eigenvalue weighted by Gasteiger charge is 2.33. The van der Waals surface area contributed by atoms with Gasteiger partial charge < -0.3 is 15.2 Å². The molecule has 2 aromatic rings. The molecule has 4 nitrogen and oxygen atoms in total. The SMILES string of the molecule is COc1cc(CN2CCC(N)C(C)(C)C2)ccc1OCc1ccc(F)cc1.Cl. The van der Waals surface area contributed by atoms with Gasteiger partial charge in [0.05, 0.1) is 7.11 Å². The molecule has 1 saturated heterocycles. The van der Waals surface area contributed by atoms with Crippen LogP contribution >= 0.6 is 12.4 Å². The van der Waals surface area contributed by atoms with Gasteiger partial charge >= 0.3 is 0 Å². The predicted molar refractivity (Wildman–Crippen MR) is 113 cm³/mol. The molecular formula is C22H30ClFN2O2. The standard InChI is InChI=1S/C22H29FN2O2.ClH/c1-22(2)15-25(11-10-21(22)24)13-17-6-9-19(20(12-17)26-3)27-14-16-4-7-18(23)8-5-16;/h4-9,12,21H,10-11,13-15,24H2,1-3H3;1H. The number of hydrogen-bond donors (Lipinski definition) is 1. The molecule has 1 aliphatic heterocycles. The Bertz CT molecular complexity index is 768. The minimum atomic E-state index is -0.248. The Kier molecular flexibility index (Phi) is 7.70. The monoisotopic (exact) mass is 408 g/mol. The van der Waals surface area contributed by atoms with Crippen LogP contribution in [0.4, 0.5) is 4.39 Å². The number of rotatable bonds is 6. The average Bonchev–Trinajstić information content (AvgIpc) is 2.64. The van der Waals surface area contributed by atoms with Crippen LogP contribution in [0.25, 0.3) is 0 Å². The molecule has 1 unspecified atom stereocenters. The van der Waals surface area contributed by atoms with Gasteiger partial charge in [-0.05, 0) is 47.2 Å². The second-order valence-corrected chi connectivity index (χ2v) is 7.99. The first kappa shape index (κ1) is 22.5. The molecular weight excluding hydrogens is 379 g/mol. The summed E-state index contributed by atoms with van der Waals surface area (Å²) in [5, 5.41) is 0. The molecule has 0 spiro atoms. The molecule has 1 heterocycles. The second kappa shape index (κ2) is 9.59. The van der Waals surface area contributed by atoms with E-state index in [4.69, 9.17) is 15.2 Å². The Morgan fingerprint density at radius 1 is 1.11 bits per heavy atom. The second-order valence-electron chi connectivity index (χ2n) is 7.99. The summed E-state index contributed by atoms with van der Waals surface area (Å²) in [4.78, 5) is 2.44. The summed E-state index contributed by atoms with van der Waals surface area (Å²) >= 11 is 0. The first-order chi connectivity index (χ1) is 12.9. The smallest absolute Gasteiger partial charge is 0.161 e. The van der Waals surface area contributed by atoms with Crippen molar-refractivity contribution in [3.05, 3.63) is 59.4 Å². The topological polar surface area (TPSA) is 47.7 Å². The molecule has 6 heteroatoms. The molecule has 0 aliphatic carbocycles. The number of methoxy groups -OCH3 is 1. The number of benzene rings is 2. The fourth-order valence-electron chi connectivity index (χ4n) is 3.55. The van der Waals surface area contributed by atoms with E-state index in [1.54, 1.807) is 19.2 Å². The third-order valence-electron chi connectivity index (χ3n) is 5.33. The lowest BCUT2D eigenvalue weighted by Gasteiger charge is -2.42. The summed E-state index contributed by atoms with van der Waals surface area (Å²) in [6.45, 7) is 7.70. The highest BCUT2D eigenvalue weighted by Crippen LogP contribution is 2.32. The molecule has 2 N–H and O–H groups in total. The largest absolute Gasteiger partial charge is 0.493 e. The van der Waals surface area contributed by atoms with E-state index in [1.807, 2.05) is 12.1 Å². The van der Waals surface area contributed by atoms with Crippen molar-refractivity contribution in [3.8, 4) is 11.5 Å². The number of nitrogens with two attached hydrogens (primary N) is 1. The van der Waals surface area contributed by atoms with Crippen LogP contribution in [0.2, 0.25) is 0 Å². The lowest BCUT2D eigenvalue weighted by Crippen LogP contribution is -2.52. The van der Waals surface area contributed by atoms with Crippen LogP contribution < -0.4 is 15.2 Å². The summed E-state index contributed by atoms with van der Waals surface area (Å²) in [6.07, 6.45) is 1.02. The maximum absolute atomic E-state index is 13.0. The van der Waals surface area contributed by atoms with E-state index < -0.39 is 0 Å². The first-order valence-electron chi connectivity index (χ1n) is 9.39. The summed E-state index contributed by atoms with van der Waals surface area (Å²) in [5.74, 6) is 1.15. The van der Waals surface area contributed by atoms with Crippen LogP contribution in [0.3, 0.4) is 0 Å². The van der Waals surface area contributed by atoms with Crippen molar-refractivity contribution >= 4 is 12.4 Å². The van der Waals surface area contributed by atoms with Gasteiger partial charge in [0.1, 0.15) is 12.4 Å². The number of piperidine rings is 1. The van der Waals surface area contributed by atoms with E-state index in [0.717, 1.165) is 31.6 Å². The van der Waals surface area contributed by atoms with Crippen LogP contribution in [0, 0.1) is 11.2 Å². The van der Waals surface area contributed by atoms with Crippen LogP contribution in [-0.2, 0) is 13.2 Å². The minimum Gasteiger partial charge on any atom is -0.493 e. The summed E-state index contributed by atoms with van der Waals surface area (Å²) < 4.78 is 24.4. The molecule has 154 valence electrons. The molecule has 0 saturated carbocycles. The van der Waals surface area contributed by atoms with Crippen LogP contribution in [0.5, 0.6) is 11.5 Å². The Morgan fingerprint density at radius 2 is 1.79 bits per heavy atom. The highest BCUT2D eigenvalue weighted by molar-refractivity contribution is 5.85. The number of halogens is 2. The van der Waals surface area contributed by atoms with Gasteiger partial charge in [0, 0.05) is 25.7 Å². The Morgan fingerprint density at radius 3 is 2.43 bits per heavy atom. The lowest BCUT2D eigenvalue weighted by molar-refractivity contribution is 0.0898. The van der Waals surface area contributed by atoms with E-state index in [9.17, 15) is 4.39 Å². The van der Waals surface area contributed by atoms with Crippen molar-refractivity contribution in [1.29, 1.82) is 0 Å². The third-order valence-corrected chi connectivity index (χ3v) is 5.33. The Hall–Kier alpha value is -1.82. The molecule has 28 heavy (non-hydrogen) atoms. The summed E-state index contributed by atoms with van der Waals surface area (Å²) in [7, 11) is 1.65. The van der Waals surface area contributed by atoms with Crippen molar-refractivity contribution in [2.45, 2.75) is 39.5 Å². The van der Waals surface area contributed by atoms with Crippen molar-refractivity contribution in [2.75, 3.05) is 20.2 Å². The molecule has 3 rings (SSSR count). The zero-order chi connectivity index (χ0) is 19.4. The Balaban J connectivity index is 0.00000280. The van der Waals surface area contributed by atoms with Gasteiger partial charge in [-0.1, -0.05) is 32.0 Å². The molecule has 0 bridgehead atoms. The first-order valence-corrected chi connectivity index (χ1v) is 9.39. The number of ether oxygens (including phenoxy) is 2. The lowest BCUT2D eigenvalue weighted by atomic mass is 9.79. The fraction of sp³-hybridized carbons (Fsp3) is 0.455. The van der Waals surface area contributed by atoms with E-state index in [2.05, 4.69) is 24.8 Å². The van der Waals surface area contributed by atoms with Crippen molar-refractivity contribution < 1.29 is 13.9 Å². The van der Waals surface area contributed by atoms with Gasteiger partial charge in [-0.25, -0.2) is 4.39 Å². The van der Waals surface area contributed by atoms with Gasteiger partial charge in [0.2, 0.25) is 0 Å². The normalized spacial score (nSPS) is 19.0. The van der Waals surface area contributed by atoms with E-state index in [1.165, 1.54) is 17.7 Å². The van der Waals surface area contributed by atoms with E-state index in [-0.39, 0.29) is 29.7 Å². The molecule has 1 fully saturated rings. The Labute approximate surface area is 173 Å². The summed E-state index contributed by atoms with van der Waals surface area (Å²) in [6, 6.07) is 12.6. The van der Waals surface area contributed by atoms with Crippen molar-refractivity contribution in [2.24, 2.45) is 11.1 Å². The molecule has 0 radical (unpaired) electrons. The van der Waals surface area contributed by atoms with Crippen molar-refractivity contribution in [3.63, 3.8) is 0 Å². The number of hydrogen-bond acceptors (Lipinski definition) is 4. The molecule has 0 amide bonds. The minimum absolute atomic E-state index is 0. The van der Waals surface area contributed by atoms with Gasteiger partial charge in [-0.15, -0.1) is 12.4 Å². The number of nitrogens with zero attached hydrogens (tertiary/aromatic N) is 1.